The van der Waals surface area contributed by atoms with Gasteiger partial charge in [0.2, 0.25) is 0 Å². The van der Waals surface area contributed by atoms with Crippen LogP contribution >= 0.6 is 12.4 Å². The lowest BCUT2D eigenvalue weighted by Gasteiger charge is -2.13. The second-order valence-electron chi connectivity index (χ2n) is 2.54. The Balaban J connectivity index is 0.000000720. The molecule has 5 nitrogen and oxygen atoms in total. The van der Waals surface area contributed by atoms with Crippen LogP contribution in [0.5, 0.6) is 0 Å². The fourth-order valence-corrected chi connectivity index (χ4v) is 1.26. The van der Waals surface area contributed by atoms with E-state index in [0.717, 1.165) is 25.3 Å². The van der Waals surface area contributed by atoms with Gasteiger partial charge < -0.3 is 10.4 Å². The van der Waals surface area contributed by atoms with Crippen LogP contribution < -0.4 is 5.32 Å². The molecular formula is C6H11ClN4O. The number of aliphatic hydroxyl groups excluding tert-OH is 1. The van der Waals surface area contributed by atoms with Gasteiger partial charge in [0, 0.05) is 13.1 Å². The number of halogens is 1. The topological polar surface area (TPSA) is 63.0 Å². The van der Waals surface area contributed by atoms with E-state index < -0.39 is 0 Å². The van der Waals surface area contributed by atoms with Crippen molar-refractivity contribution in [2.75, 3.05) is 6.54 Å². The molecule has 1 aliphatic rings. The molecule has 2 rings (SSSR count). The summed E-state index contributed by atoms with van der Waals surface area (Å²) in [5.41, 5.74) is 1.70. The molecule has 2 heterocycles. The van der Waals surface area contributed by atoms with Crippen molar-refractivity contribution in [3.8, 4) is 0 Å². The second kappa shape index (κ2) is 3.84. The van der Waals surface area contributed by atoms with Crippen LogP contribution in [-0.4, -0.2) is 26.6 Å². The minimum absolute atomic E-state index is 0. The smallest absolute Gasteiger partial charge is 0.113 e. The number of rotatable bonds is 1. The first kappa shape index (κ1) is 9.44. The highest BCUT2D eigenvalue weighted by atomic mass is 35.5. The Hall–Kier alpha value is -0.650. The normalized spacial score (nSPS) is 15.1. The zero-order valence-corrected chi connectivity index (χ0v) is 7.34. The van der Waals surface area contributed by atoms with E-state index in [0.29, 0.717) is 5.69 Å². The fraction of sp³-hybridized carbons (Fsp3) is 0.667. The molecule has 0 atom stereocenters. The summed E-state index contributed by atoms with van der Waals surface area (Å²) >= 11 is 0. The minimum Gasteiger partial charge on any atom is -0.390 e. The Bertz CT molecular complexity index is 249. The molecule has 12 heavy (non-hydrogen) atoms. The Morgan fingerprint density at radius 1 is 1.58 bits per heavy atom. The maximum Gasteiger partial charge on any atom is 0.113 e. The molecule has 0 aliphatic carbocycles. The summed E-state index contributed by atoms with van der Waals surface area (Å²) in [5.74, 6) is 0. The largest absolute Gasteiger partial charge is 0.390 e. The first-order valence-corrected chi connectivity index (χ1v) is 3.64. The van der Waals surface area contributed by atoms with E-state index in [9.17, 15) is 0 Å². The summed E-state index contributed by atoms with van der Waals surface area (Å²) in [6, 6.07) is 0. The molecule has 1 aliphatic heterocycles. The number of aliphatic hydroxyl groups is 1. The Kier molecular flexibility index (Phi) is 3.02. The summed E-state index contributed by atoms with van der Waals surface area (Å²) in [4.78, 5) is 0. The molecule has 0 radical (unpaired) electrons. The lowest BCUT2D eigenvalue weighted by molar-refractivity contribution is 0.274. The second-order valence-corrected chi connectivity index (χ2v) is 2.54. The van der Waals surface area contributed by atoms with Gasteiger partial charge in [-0.3, -0.25) is 0 Å². The third-order valence-corrected chi connectivity index (χ3v) is 1.86. The van der Waals surface area contributed by atoms with Gasteiger partial charge in [-0.1, -0.05) is 5.21 Å². The van der Waals surface area contributed by atoms with Crippen molar-refractivity contribution < 1.29 is 5.11 Å². The van der Waals surface area contributed by atoms with Crippen LogP contribution in [-0.2, 0) is 19.7 Å². The van der Waals surface area contributed by atoms with Crippen molar-refractivity contribution in [3.05, 3.63) is 11.4 Å². The highest BCUT2D eigenvalue weighted by Crippen LogP contribution is 2.07. The molecule has 0 bridgehead atoms. The van der Waals surface area contributed by atoms with Gasteiger partial charge in [-0.05, 0) is 0 Å². The molecule has 0 spiro atoms. The highest BCUT2D eigenvalue weighted by molar-refractivity contribution is 5.85. The van der Waals surface area contributed by atoms with Gasteiger partial charge in [0.25, 0.3) is 0 Å². The number of aromatic nitrogens is 3. The van der Waals surface area contributed by atoms with Gasteiger partial charge in [-0.15, -0.1) is 17.5 Å². The molecule has 0 unspecified atom stereocenters. The third-order valence-electron chi connectivity index (χ3n) is 1.86. The zero-order chi connectivity index (χ0) is 7.68. The Morgan fingerprint density at radius 2 is 2.42 bits per heavy atom. The molecule has 1 aromatic heterocycles. The van der Waals surface area contributed by atoms with E-state index in [1.54, 1.807) is 0 Å². The van der Waals surface area contributed by atoms with E-state index in [2.05, 4.69) is 15.6 Å². The Morgan fingerprint density at radius 3 is 3.17 bits per heavy atom. The molecule has 1 aromatic rings. The third kappa shape index (κ3) is 1.43. The van der Waals surface area contributed by atoms with Gasteiger partial charge in [0.15, 0.2) is 0 Å². The molecular weight excluding hydrogens is 180 g/mol. The van der Waals surface area contributed by atoms with Gasteiger partial charge in [0.1, 0.15) is 5.69 Å². The maximum atomic E-state index is 8.84. The van der Waals surface area contributed by atoms with Crippen LogP contribution in [0.15, 0.2) is 0 Å². The van der Waals surface area contributed by atoms with Gasteiger partial charge >= 0.3 is 0 Å². The van der Waals surface area contributed by atoms with E-state index in [4.69, 9.17) is 5.11 Å². The van der Waals surface area contributed by atoms with E-state index >= 15 is 0 Å². The number of nitrogens with one attached hydrogen (secondary N) is 1. The summed E-state index contributed by atoms with van der Waals surface area (Å²) in [5, 5.41) is 19.8. The van der Waals surface area contributed by atoms with Gasteiger partial charge in [-0.2, -0.15) is 0 Å². The van der Waals surface area contributed by atoms with Crippen LogP contribution in [0, 0.1) is 0 Å². The predicted molar refractivity (Wildman–Crippen MR) is 44.9 cm³/mol. The van der Waals surface area contributed by atoms with Crippen LogP contribution in [0.4, 0.5) is 0 Å². The van der Waals surface area contributed by atoms with E-state index in [1.165, 1.54) is 0 Å². The van der Waals surface area contributed by atoms with Crippen molar-refractivity contribution in [1.82, 2.24) is 20.3 Å². The maximum absolute atomic E-state index is 8.84. The summed E-state index contributed by atoms with van der Waals surface area (Å²) < 4.78 is 1.84. The number of hydrogen-bond acceptors (Lipinski definition) is 4. The number of fused-ring (bicyclic) bond motifs is 1. The lowest BCUT2D eigenvalue weighted by atomic mass is 10.3. The van der Waals surface area contributed by atoms with Gasteiger partial charge in [-0.25, -0.2) is 4.68 Å². The summed E-state index contributed by atoms with van der Waals surface area (Å²) in [7, 11) is 0. The standard InChI is InChI=1S/C6H10N4O.ClH/c11-4-5-6-3-7-1-2-10(6)9-8-5;/h7,11H,1-4H2;1H. The first-order chi connectivity index (χ1) is 5.42. The molecule has 6 heteroatoms. The quantitative estimate of drug-likeness (QED) is 0.615. The average Bonchev–Trinajstić information content (AvgIpc) is 2.47. The predicted octanol–water partition coefficient (Wildman–Crippen LogP) is -0.705. The molecule has 0 fully saturated rings. The van der Waals surface area contributed by atoms with Gasteiger partial charge in [0.05, 0.1) is 18.8 Å². The van der Waals surface area contributed by atoms with Crippen molar-refractivity contribution in [1.29, 1.82) is 0 Å². The molecule has 68 valence electrons. The first-order valence-electron chi connectivity index (χ1n) is 3.64. The van der Waals surface area contributed by atoms with E-state index in [-0.39, 0.29) is 19.0 Å². The Labute approximate surface area is 76.2 Å². The summed E-state index contributed by atoms with van der Waals surface area (Å²) in [6.45, 7) is 2.53. The van der Waals surface area contributed by atoms with E-state index in [1.807, 2.05) is 4.68 Å². The minimum atomic E-state index is -0.0169. The monoisotopic (exact) mass is 190 g/mol. The molecule has 0 amide bonds. The van der Waals surface area contributed by atoms with Crippen LogP contribution in [0.1, 0.15) is 11.4 Å². The van der Waals surface area contributed by atoms with Crippen LogP contribution in [0.25, 0.3) is 0 Å². The number of hydrogen-bond donors (Lipinski definition) is 2. The van der Waals surface area contributed by atoms with Crippen molar-refractivity contribution >= 4 is 12.4 Å². The van der Waals surface area contributed by atoms with Crippen molar-refractivity contribution in [3.63, 3.8) is 0 Å². The molecule has 2 N–H and O–H groups in total. The summed E-state index contributed by atoms with van der Waals surface area (Å²) in [6.07, 6.45) is 0. The van der Waals surface area contributed by atoms with Crippen LogP contribution in [0.2, 0.25) is 0 Å². The zero-order valence-electron chi connectivity index (χ0n) is 6.53. The van der Waals surface area contributed by atoms with Crippen LogP contribution in [0.3, 0.4) is 0 Å². The van der Waals surface area contributed by atoms with Crippen molar-refractivity contribution in [2.24, 2.45) is 0 Å². The fourth-order valence-electron chi connectivity index (χ4n) is 1.26. The SMILES string of the molecule is Cl.OCc1nnn2c1CNCC2. The average molecular weight is 191 g/mol. The lowest BCUT2D eigenvalue weighted by Crippen LogP contribution is -2.28. The molecule has 0 saturated heterocycles. The molecule has 0 saturated carbocycles. The highest BCUT2D eigenvalue weighted by Gasteiger charge is 2.14. The molecule has 0 aromatic carbocycles. The number of nitrogens with zero attached hydrogens (tertiary/aromatic N) is 3. The van der Waals surface area contributed by atoms with Crippen molar-refractivity contribution in [2.45, 2.75) is 19.7 Å².